The Bertz CT molecular complexity index is 530. The molecule has 1 saturated carbocycles. The van der Waals surface area contributed by atoms with E-state index in [0.29, 0.717) is 18.7 Å². The van der Waals surface area contributed by atoms with E-state index in [4.69, 9.17) is 0 Å². The number of hydrogen-bond donors (Lipinski definition) is 3. The maximum atomic E-state index is 12.0. The molecule has 1 fully saturated rings. The molecule has 0 spiro atoms. The Morgan fingerprint density at radius 2 is 2.33 bits per heavy atom. The van der Waals surface area contributed by atoms with Gasteiger partial charge in [0.15, 0.2) is 5.82 Å². The number of carbonyl (C=O) groups excluding carboxylic acids is 1. The number of nitrogens with one attached hydrogen (secondary N) is 2. The van der Waals surface area contributed by atoms with Crippen LogP contribution in [0.2, 0.25) is 0 Å². The van der Waals surface area contributed by atoms with Crippen molar-refractivity contribution < 1.29 is 14.7 Å². The zero-order valence-electron chi connectivity index (χ0n) is 12.3. The van der Waals surface area contributed by atoms with Crippen LogP contribution in [0, 0.1) is 5.92 Å². The fourth-order valence-electron chi connectivity index (χ4n) is 2.80. The molecule has 2 amide bonds. The van der Waals surface area contributed by atoms with Crippen molar-refractivity contribution in [2.24, 2.45) is 13.0 Å². The summed E-state index contributed by atoms with van der Waals surface area (Å²) in [6, 6.07) is -0.491. The van der Waals surface area contributed by atoms with Crippen molar-refractivity contribution in [2.45, 2.75) is 44.7 Å². The first-order valence-electron chi connectivity index (χ1n) is 7.05. The minimum Gasteiger partial charge on any atom is -0.480 e. The van der Waals surface area contributed by atoms with Crippen LogP contribution in [0.15, 0.2) is 6.33 Å². The Morgan fingerprint density at radius 1 is 1.57 bits per heavy atom. The predicted octanol–water partition coefficient (Wildman–Crippen LogP) is 0.648. The minimum absolute atomic E-state index is 0.202. The van der Waals surface area contributed by atoms with Crippen molar-refractivity contribution in [1.82, 2.24) is 25.4 Å². The Balaban J connectivity index is 1.95. The molecule has 2 unspecified atom stereocenters. The van der Waals surface area contributed by atoms with Crippen LogP contribution < -0.4 is 10.6 Å². The van der Waals surface area contributed by atoms with Gasteiger partial charge in [0.2, 0.25) is 0 Å². The van der Waals surface area contributed by atoms with Crippen molar-refractivity contribution in [3.63, 3.8) is 0 Å². The van der Waals surface area contributed by atoms with E-state index in [1.165, 1.54) is 6.33 Å². The number of amides is 2. The highest BCUT2D eigenvalue weighted by atomic mass is 16.4. The summed E-state index contributed by atoms with van der Waals surface area (Å²) in [5.74, 6) is -0.0803. The van der Waals surface area contributed by atoms with Crippen molar-refractivity contribution >= 4 is 12.0 Å². The highest BCUT2D eigenvalue weighted by Gasteiger charge is 2.43. The molecular formula is C13H21N5O3. The molecule has 0 saturated heterocycles. The Labute approximate surface area is 122 Å². The van der Waals surface area contributed by atoms with E-state index in [1.807, 2.05) is 6.92 Å². The van der Waals surface area contributed by atoms with Crippen LogP contribution in [-0.4, -0.2) is 37.4 Å². The van der Waals surface area contributed by atoms with Crippen LogP contribution in [-0.2, 0) is 18.4 Å². The smallest absolute Gasteiger partial charge is 0.329 e. The highest BCUT2D eigenvalue weighted by molar-refractivity contribution is 5.86. The van der Waals surface area contributed by atoms with Gasteiger partial charge in [0.05, 0.1) is 6.54 Å². The second-order valence-corrected chi connectivity index (χ2v) is 5.75. The number of urea groups is 1. The second kappa shape index (κ2) is 6.11. The van der Waals surface area contributed by atoms with Crippen LogP contribution in [0.25, 0.3) is 0 Å². The van der Waals surface area contributed by atoms with Crippen molar-refractivity contribution in [3.8, 4) is 0 Å². The number of carboxylic acid groups (broad SMARTS) is 1. The summed E-state index contributed by atoms with van der Waals surface area (Å²) in [4.78, 5) is 23.6. The fourth-order valence-corrected chi connectivity index (χ4v) is 2.80. The summed E-state index contributed by atoms with van der Waals surface area (Å²) in [6.45, 7) is 2.21. The van der Waals surface area contributed by atoms with E-state index in [9.17, 15) is 14.7 Å². The molecule has 2 rings (SSSR count). The van der Waals surface area contributed by atoms with Crippen LogP contribution in [0.3, 0.4) is 0 Å². The van der Waals surface area contributed by atoms with Gasteiger partial charge in [-0.3, -0.25) is 0 Å². The van der Waals surface area contributed by atoms with Crippen LogP contribution >= 0.6 is 0 Å². The monoisotopic (exact) mass is 295 g/mol. The van der Waals surface area contributed by atoms with Gasteiger partial charge in [-0.15, -0.1) is 10.2 Å². The number of aliphatic carboxylic acids is 1. The van der Waals surface area contributed by atoms with Gasteiger partial charge in [-0.25, -0.2) is 9.59 Å². The SMILES string of the molecule is CC1CCCC(NC(=O)NCc2nncn2C)(C(=O)O)C1. The number of carboxylic acids is 1. The zero-order valence-corrected chi connectivity index (χ0v) is 12.3. The Hall–Kier alpha value is -2.12. The summed E-state index contributed by atoms with van der Waals surface area (Å²) in [5, 5.41) is 22.3. The molecule has 0 radical (unpaired) electrons. The van der Waals surface area contributed by atoms with Gasteiger partial charge in [0.1, 0.15) is 11.9 Å². The van der Waals surface area contributed by atoms with E-state index < -0.39 is 17.5 Å². The van der Waals surface area contributed by atoms with Crippen LogP contribution in [0.1, 0.15) is 38.4 Å². The standard InChI is InChI=1S/C13H21N5O3/c1-9-4-3-5-13(6-9,11(19)20)16-12(21)14-7-10-17-15-8-18(10)2/h8-9H,3-7H2,1-2H3,(H,19,20)(H2,14,16,21). The fraction of sp³-hybridized carbons (Fsp3) is 0.692. The number of hydrogen-bond acceptors (Lipinski definition) is 4. The van der Waals surface area contributed by atoms with Crippen LogP contribution in [0.4, 0.5) is 4.79 Å². The van der Waals surface area contributed by atoms with Gasteiger partial charge < -0.3 is 20.3 Å². The molecule has 8 nitrogen and oxygen atoms in total. The van der Waals surface area contributed by atoms with Crippen LogP contribution in [0.5, 0.6) is 0 Å². The molecule has 0 bridgehead atoms. The first-order chi connectivity index (χ1) is 9.93. The molecule has 116 valence electrons. The molecular weight excluding hydrogens is 274 g/mol. The second-order valence-electron chi connectivity index (χ2n) is 5.75. The van der Waals surface area contributed by atoms with Gasteiger partial charge in [0, 0.05) is 7.05 Å². The molecule has 21 heavy (non-hydrogen) atoms. The molecule has 8 heteroatoms. The molecule has 1 aliphatic rings. The van der Waals surface area contributed by atoms with Gasteiger partial charge >= 0.3 is 12.0 Å². The van der Waals surface area contributed by atoms with Crippen molar-refractivity contribution in [1.29, 1.82) is 0 Å². The number of aromatic nitrogens is 3. The lowest BCUT2D eigenvalue weighted by atomic mass is 9.76. The quantitative estimate of drug-likeness (QED) is 0.755. The minimum atomic E-state index is -1.17. The first kappa shape index (κ1) is 15.3. The average molecular weight is 295 g/mol. The normalized spacial score (nSPS) is 25.3. The van der Waals surface area contributed by atoms with Gasteiger partial charge in [0.25, 0.3) is 0 Å². The number of nitrogens with zero attached hydrogens (tertiary/aromatic N) is 3. The number of rotatable bonds is 4. The lowest BCUT2D eigenvalue weighted by Gasteiger charge is -2.36. The van der Waals surface area contributed by atoms with Crippen molar-refractivity contribution in [3.05, 3.63) is 12.2 Å². The molecule has 1 aromatic rings. The van der Waals surface area contributed by atoms with Gasteiger partial charge in [-0.1, -0.05) is 19.8 Å². The highest BCUT2D eigenvalue weighted by Crippen LogP contribution is 2.32. The van der Waals surface area contributed by atoms with Gasteiger partial charge in [-0.2, -0.15) is 0 Å². The summed E-state index contributed by atoms with van der Waals surface area (Å²) in [6.07, 6.45) is 4.26. The lowest BCUT2D eigenvalue weighted by Crippen LogP contribution is -2.59. The summed E-state index contributed by atoms with van der Waals surface area (Å²) < 4.78 is 1.69. The first-order valence-corrected chi connectivity index (χ1v) is 7.05. The van der Waals surface area contributed by atoms with E-state index in [2.05, 4.69) is 20.8 Å². The van der Waals surface area contributed by atoms with Crippen molar-refractivity contribution in [2.75, 3.05) is 0 Å². The maximum absolute atomic E-state index is 12.0. The Kier molecular flexibility index (Phi) is 4.44. The predicted molar refractivity (Wildman–Crippen MR) is 74.4 cm³/mol. The summed E-state index contributed by atoms with van der Waals surface area (Å²) in [7, 11) is 1.77. The third kappa shape index (κ3) is 3.50. The molecule has 1 aromatic heterocycles. The molecule has 3 N–H and O–H groups in total. The lowest BCUT2D eigenvalue weighted by molar-refractivity contribution is -0.146. The third-order valence-corrected chi connectivity index (χ3v) is 3.97. The number of carbonyl (C=O) groups is 2. The molecule has 0 aliphatic heterocycles. The summed E-state index contributed by atoms with van der Waals surface area (Å²) >= 11 is 0. The Morgan fingerprint density at radius 3 is 2.90 bits per heavy atom. The van der Waals surface area contributed by atoms with E-state index in [1.54, 1.807) is 11.6 Å². The summed E-state index contributed by atoms with van der Waals surface area (Å²) in [5.41, 5.74) is -1.17. The topological polar surface area (TPSA) is 109 Å². The van der Waals surface area contributed by atoms with Gasteiger partial charge in [-0.05, 0) is 18.8 Å². The van der Waals surface area contributed by atoms with E-state index >= 15 is 0 Å². The average Bonchev–Trinajstić information content (AvgIpc) is 2.82. The molecule has 0 aromatic carbocycles. The third-order valence-electron chi connectivity index (χ3n) is 3.97. The largest absolute Gasteiger partial charge is 0.480 e. The number of aryl methyl sites for hydroxylation is 1. The molecule has 2 atom stereocenters. The van der Waals surface area contributed by atoms with E-state index in [0.717, 1.165) is 12.8 Å². The zero-order chi connectivity index (χ0) is 15.5. The molecule has 1 aliphatic carbocycles. The molecule has 1 heterocycles. The maximum Gasteiger partial charge on any atom is 0.329 e. The van der Waals surface area contributed by atoms with E-state index in [-0.39, 0.29) is 12.5 Å².